The van der Waals surface area contributed by atoms with E-state index in [1.165, 1.54) is 63.0 Å². The van der Waals surface area contributed by atoms with E-state index in [4.69, 9.17) is 4.74 Å². The first-order chi connectivity index (χ1) is 17.1. The maximum atomic E-state index is 15.1. The molecular weight excluding hydrogens is 435 g/mol. The van der Waals surface area contributed by atoms with Crippen LogP contribution in [0, 0.1) is 23.6 Å². The minimum Gasteiger partial charge on any atom is -0.423 e. The normalized spacial score (nSPS) is 23.9. The molecule has 0 amide bonds. The van der Waals surface area contributed by atoms with Crippen molar-refractivity contribution in [3.63, 3.8) is 0 Å². The van der Waals surface area contributed by atoms with Crippen LogP contribution in [-0.4, -0.2) is 5.97 Å². The van der Waals surface area contributed by atoms with Crippen molar-refractivity contribution in [2.75, 3.05) is 0 Å². The Morgan fingerprint density at radius 2 is 1.80 bits per heavy atom. The molecule has 2 aromatic carbocycles. The van der Waals surface area contributed by atoms with Crippen molar-refractivity contribution in [2.24, 2.45) is 17.8 Å². The number of allylic oxidation sites excluding steroid dienone is 1. The standard InChI is InChI=1S/C32H41FO2/c1-3-5-7-9-24-10-13-26-21-27(15-14-25(26)20-24)30-19-16-28(22-31(30)33)32(34)35-29-17-11-23(12-18-29)8-6-4-2/h4,11-12,16-19,22,24-27H,2-3,5-10,13-15,20-21H2,1H3/t24-,25-,26+,27?/m0/s1. The number of halogens is 1. The summed E-state index contributed by atoms with van der Waals surface area (Å²) in [5.74, 6) is 2.42. The van der Waals surface area contributed by atoms with Crippen LogP contribution in [0.25, 0.3) is 0 Å². The Kier molecular flexibility index (Phi) is 9.18. The van der Waals surface area contributed by atoms with E-state index in [9.17, 15) is 4.79 Å². The van der Waals surface area contributed by atoms with Crippen LogP contribution in [0.5, 0.6) is 5.75 Å². The van der Waals surface area contributed by atoms with Gasteiger partial charge in [0.05, 0.1) is 5.56 Å². The van der Waals surface area contributed by atoms with E-state index in [0.717, 1.165) is 49.0 Å². The Labute approximate surface area is 211 Å². The molecule has 2 saturated carbocycles. The molecule has 1 unspecified atom stereocenters. The Morgan fingerprint density at radius 1 is 1.03 bits per heavy atom. The van der Waals surface area contributed by atoms with Gasteiger partial charge in [-0.05, 0) is 104 Å². The molecule has 3 heteroatoms. The number of ether oxygens (including phenoxy) is 1. The molecule has 4 atom stereocenters. The van der Waals surface area contributed by atoms with E-state index in [1.54, 1.807) is 18.2 Å². The summed E-state index contributed by atoms with van der Waals surface area (Å²) in [5, 5.41) is 0. The first kappa shape index (κ1) is 25.7. The topological polar surface area (TPSA) is 26.3 Å². The summed E-state index contributed by atoms with van der Waals surface area (Å²) in [5.41, 5.74) is 2.21. The van der Waals surface area contributed by atoms with Crippen molar-refractivity contribution in [1.82, 2.24) is 0 Å². The molecular formula is C32H41FO2. The summed E-state index contributed by atoms with van der Waals surface area (Å²) in [7, 11) is 0. The second kappa shape index (κ2) is 12.5. The fourth-order valence-electron chi connectivity index (χ4n) is 6.36. The van der Waals surface area contributed by atoms with Crippen LogP contribution in [0.1, 0.15) is 105 Å². The molecule has 2 fully saturated rings. The van der Waals surface area contributed by atoms with E-state index in [1.807, 2.05) is 24.3 Å². The van der Waals surface area contributed by atoms with Crippen LogP contribution in [0.15, 0.2) is 55.1 Å². The van der Waals surface area contributed by atoms with Crippen molar-refractivity contribution in [3.8, 4) is 5.75 Å². The second-order valence-corrected chi connectivity index (χ2v) is 10.8. The third-order valence-corrected chi connectivity index (χ3v) is 8.38. The van der Waals surface area contributed by atoms with Gasteiger partial charge in [0.1, 0.15) is 11.6 Å². The molecule has 2 aliphatic rings. The number of hydrogen-bond donors (Lipinski definition) is 0. The zero-order chi connectivity index (χ0) is 24.6. The Morgan fingerprint density at radius 3 is 2.54 bits per heavy atom. The molecule has 0 heterocycles. The van der Waals surface area contributed by atoms with E-state index < -0.39 is 5.97 Å². The van der Waals surface area contributed by atoms with E-state index in [-0.39, 0.29) is 17.3 Å². The second-order valence-electron chi connectivity index (χ2n) is 10.8. The fraction of sp³-hybridized carbons (Fsp3) is 0.531. The van der Waals surface area contributed by atoms with Gasteiger partial charge in [-0.15, -0.1) is 6.58 Å². The molecule has 0 spiro atoms. The van der Waals surface area contributed by atoms with Gasteiger partial charge < -0.3 is 4.74 Å². The Balaban J connectivity index is 1.32. The SMILES string of the molecule is C=CCCc1ccc(OC(=O)c2ccc(C3CC[C@H]4C[C@@H](CCCCC)CC[C@@H]4C3)c(F)c2)cc1. The highest BCUT2D eigenvalue weighted by Crippen LogP contribution is 2.48. The van der Waals surface area contributed by atoms with E-state index in [0.29, 0.717) is 5.75 Å². The molecule has 0 aromatic heterocycles. The smallest absolute Gasteiger partial charge is 0.343 e. The van der Waals surface area contributed by atoms with Crippen LogP contribution >= 0.6 is 0 Å². The maximum Gasteiger partial charge on any atom is 0.343 e. The molecule has 4 rings (SSSR count). The van der Waals surface area contributed by atoms with Crippen molar-refractivity contribution in [1.29, 1.82) is 0 Å². The minimum absolute atomic E-state index is 0.265. The van der Waals surface area contributed by atoms with Crippen molar-refractivity contribution >= 4 is 5.97 Å². The number of unbranched alkanes of at least 4 members (excludes halogenated alkanes) is 2. The highest BCUT2D eigenvalue weighted by molar-refractivity contribution is 5.91. The lowest BCUT2D eigenvalue weighted by Crippen LogP contribution is -2.30. The third kappa shape index (κ3) is 6.84. The average Bonchev–Trinajstić information content (AvgIpc) is 2.88. The largest absolute Gasteiger partial charge is 0.423 e. The molecule has 0 aliphatic heterocycles. The van der Waals surface area contributed by atoms with Gasteiger partial charge in [-0.2, -0.15) is 0 Å². The lowest BCUT2D eigenvalue weighted by atomic mass is 9.63. The monoisotopic (exact) mass is 476 g/mol. The number of aryl methyl sites for hydroxylation is 1. The number of carbonyl (C=O) groups excluding carboxylic acids is 1. The van der Waals surface area contributed by atoms with Crippen LogP contribution in [-0.2, 0) is 6.42 Å². The minimum atomic E-state index is -0.514. The number of hydrogen-bond acceptors (Lipinski definition) is 2. The molecule has 188 valence electrons. The van der Waals surface area contributed by atoms with Gasteiger partial charge in [-0.3, -0.25) is 0 Å². The highest BCUT2D eigenvalue weighted by atomic mass is 19.1. The van der Waals surface area contributed by atoms with Crippen molar-refractivity contribution < 1.29 is 13.9 Å². The number of fused-ring (bicyclic) bond motifs is 1. The molecule has 35 heavy (non-hydrogen) atoms. The molecule has 2 aliphatic carbocycles. The van der Waals surface area contributed by atoms with Crippen LogP contribution in [0.4, 0.5) is 4.39 Å². The maximum absolute atomic E-state index is 15.1. The van der Waals surface area contributed by atoms with Gasteiger partial charge in [0.15, 0.2) is 0 Å². The summed E-state index contributed by atoms with van der Waals surface area (Å²) in [4.78, 5) is 12.6. The number of carbonyl (C=O) groups is 1. The third-order valence-electron chi connectivity index (χ3n) is 8.38. The van der Waals surface area contributed by atoms with Crippen LogP contribution < -0.4 is 4.74 Å². The van der Waals surface area contributed by atoms with Gasteiger partial charge in [-0.1, -0.05) is 63.3 Å². The molecule has 0 saturated heterocycles. The summed E-state index contributed by atoms with van der Waals surface area (Å²) >= 11 is 0. The lowest BCUT2D eigenvalue weighted by Gasteiger charge is -2.42. The summed E-state index contributed by atoms with van der Waals surface area (Å²) in [6.45, 7) is 6.02. The molecule has 2 aromatic rings. The van der Waals surface area contributed by atoms with Gasteiger partial charge in [0.25, 0.3) is 0 Å². The quantitative estimate of drug-likeness (QED) is 0.148. The van der Waals surface area contributed by atoms with E-state index in [2.05, 4.69) is 13.5 Å². The zero-order valence-electron chi connectivity index (χ0n) is 21.3. The fourth-order valence-corrected chi connectivity index (χ4v) is 6.36. The lowest BCUT2D eigenvalue weighted by molar-refractivity contribution is 0.0734. The number of esters is 1. The summed E-state index contributed by atoms with van der Waals surface area (Å²) in [6.07, 6.45) is 16.5. The summed E-state index contributed by atoms with van der Waals surface area (Å²) < 4.78 is 20.6. The molecule has 0 bridgehead atoms. The highest BCUT2D eigenvalue weighted by Gasteiger charge is 2.36. The van der Waals surface area contributed by atoms with E-state index >= 15 is 4.39 Å². The molecule has 0 radical (unpaired) electrons. The number of rotatable bonds is 10. The number of benzene rings is 2. The van der Waals surface area contributed by atoms with Gasteiger partial charge in [0, 0.05) is 0 Å². The molecule has 2 nitrogen and oxygen atoms in total. The van der Waals surface area contributed by atoms with Crippen LogP contribution in [0.2, 0.25) is 0 Å². The zero-order valence-corrected chi connectivity index (χ0v) is 21.3. The summed E-state index contributed by atoms with van der Waals surface area (Å²) in [6, 6.07) is 12.4. The first-order valence-corrected chi connectivity index (χ1v) is 13.8. The average molecular weight is 477 g/mol. The first-order valence-electron chi connectivity index (χ1n) is 13.8. The predicted octanol–water partition coefficient (Wildman–Crippen LogP) is 9.04. The van der Waals surface area contributed by atoms with Gasteiger partial charge >= 0.3 is 5.97 Å². The van der Waals surface area contributed by atoms with Crippen molar-refractivity contribution in [3.05, 3.63) is 77.6 Å². The van der Waals surface area contributed by atoms with Gasteiger partial charge in [-0.25, -0.2) is 9.18 Å². The molecule has 0 N–H and O–H groups in total. The van der Waals surface area contributed by atoms with Gasteiger partial charge in [0.2, 0.25) is 0 Å². The Bertz CT molecular complexity index is 980. The Hall–Kier alpha value is -2.42. The van der Waals surface area contributed by atoms with Crippen molar-refractivity contribution in [2.45, 2.75) is 89.9 Å². The predicted molar refractivity (Wildman–Crippen MR) is 141 cm³/mol. The van der Waals surface area contributed by atoms with Crippen LogP contribution in [0.3, 0.4) is 0 Å².